The Balaban J connectivity index is 1.93. The third-order valence-electron chi connectivity index (χ3n) is 4.74. The highest BCUT2D eigenvalue weighted by atomic mass is 16.7. The van der Waals surface area contributed by atoms with E-state index in [1.165, 1.54) is 5.56 Å². The van der Waals surface area contributed by atoms with Gasteiger partial charge >= 0.3 is 13.1 Å². The van der Waals surface area contributed by atoms with Crippen molar-refractivity contribution in [2.45, 2.75) is 84.5 Å². The van der Waals surface area contributed by atoms with Gasteiger partial charge in [-0.2, -0.15) is 0 Å². The third kappa shape index (κ3) is 5.32. The monoisotopic (exact) mass is 346 g/mol. The van der Waals surface area contributed by atoms with E-state index in [0.29, 0.717) is 6.42 Å². The van der Waals surface area contributed by atoms with Gasteiger partial charge in [0.15, 0.2) is 0 Å². The lowest BCUT2D eigenvalue weighted by Crippen LogP contribution is -2.41. The molecule has 0 aromatic heterocycles. The van der Waals surface area contributed by atoms with E-state index in [-0.39, 0.29) is 24.3 Å². The number of benzene rings is 1. The second-order valence-corrected chi connectivity index (χ2v) is 8.77. The first-order valence-corrected chi connectivity index (χ1v) is 9.06. The molecule has 1 heterocycles. The second kappa shape index (κ2) is 7.12. The molecule has 0 radical (unpaired) electrons. The van der Waals surface area contributed by atoms with Crippen molar-refractivity contribution in [2.24, 2.45) is 0 Å². The van der Waals surface area contributed by atoms with Crippen LogP contribution in [0.1, 0.15) is 66.9 Å². The molecule has 0 amide bonds. The smallest absolute Gasteiger partial charge is 0.460 e. The number of carbonyl (C=O) groups excluding carboxylic acids is 1. The summed E-state index contributed by atoms with van der Waals surface area (Å²) in [6.45, 7) is 13.9. The van der Waals surface area contributed by atoms with Gasteiger partial charge in [-0.05, 0) is 72.3 Å². The molecule has 1 aromatic carbocycles. The zero-order chi connectivity index (χ0) is 18.9. The van der Waals surface area contributed by atoms with E-state index in [2.05, 4.69) is 39.8 Å². The summed E-state index contributed by atoms with van der Waals surface area (Å²) in [6, 6.07) is 8.23. The van der Waals surface area contributed by atoms with Gasteiger partial charge in [-0.1, -0.05) is 24.3 Å². The van der Waals surface area contributed by atoms with E-state index in [0.717, 1.165) is 18.3 Å². The van der Waals surface area contributed by atoms with Crippen LogP contribution in [0.25, 0.3) is 0 Å². The van der Waals surface area contributed by atoms with Gasteiger partial charge in [0.05, 0.1) is 11.2 Å². The standard InChI is InChI=1S/C20H31BO4/c1-18(2,3)23-17(22)13-9-11-15-10-8-12-16(14-15)21-24-19(4,5)20(6,7)25-21/h8,10,12,14H,9,11,13H2,1-7H3. The number of hydrogen-bond acceptors (Lipinski definition) is 4. The van der Waals surface area contributed by atoms with Crippen LogP contribution < -0.4 is 5.46 Å². The SMILES string of the molecule is CC(C)(C)OC(=O)CCCc1cccc(B2OC(C)(C)C(C)(C)O2)c1. The summed E-state index contributed by atoms with van der Waals surface area (Å²) in [5.74, 6) is -0.144. The fourth-order valence-corrected chi connectivity index (χ4v) is 2.70. The van der Waals surface area contributed by atoms with Gasteiger partial charge in [-0.3, -0.25) is 4.79 Å². The van der Waals surface area contributed by atoms with Gasteiger partial charge in [0.25, 0.3) is 0 Å². The highest BCUT2D eigenvalue weighted by Crippen LogP contribution is 2.36. The number of ether oxygens (including phenoxy) is 1. The maximum absolute atomic E-state index is 11.8. The van der Waals surface area contributed by atoms with Crippen LogP contribution in [0, 0.1) is 0 Å². The van der Waals surface area contributed by atoms with Gasteiger partial charge in [0.2, 0.25) is 0 Å². The second-order valence-electron chi connectivity index (χ2n) is 8.77. The molecule has 1 aliphatic rings. The van der Waals surface area contributed by atoms with Crippen molar-refractivity contribution in [3.05, 3.63) is 29.8 Å². The lowest BCUT2D eigenvalue weighted by molar-refractivity contribution is -0.154. The van der Waals surface area contributed by atoms with Crippen LogP contribution >= 0.6 is 0 Å². The predicted molar refractivity (Wildman–Crippen MR) is 101 cm³/mol. The fourth-order valence-electron chi connectivity index (χ4n) is 2.70. The molecular formula is C20H31BO4. The molecule has 0 aliphatic carbocycles. The quantitative estimate of drug-likeness (QED) is 0.603. The van der Waals surface area contributed by atoms with E-state index < -0.39 is 5.60 Å². The van der Waals surface area contributed by atoms with Crippen molar-refractivity contribution in [2.75, 3.05) is 0 Å². The summed E-state index contributed by atoms with van der Waals surface area (Å²) in [7, 11) is -0.351. The molecule has 1 fully saturated rings. The maximum Gasteiger partial charge on any atom is 0.494 e. The Kier molecular flexibility index (Phi) is 5.70. The minimum absolute atomic E-state index is 0.144. The van der Waals surface area contributed by atoms with Crippen LogP contribution in [-0.2, 0) is 25.3 Å². The molecule has 0 saturated carbocycles. The molecule has 0 bridgehead atoms. The fraction of sp³-hybridized carbons (Fsp3) is 0.650. The normalized spacial score (nSPS) is 19.1. The average Bonchev–Trinajstić information content (AvgIpc) is 2.66. The number of hydrogen-bond donors (Lipinski definition) is 0. The lowest BCUT2D eigenvalue weighted by atomic mass is 9.78. The van der Waals surface area contributed by atoms with Gasteiger partial charge in [0.1, 0.15) is 5.60 Å². The summed E-state index contributed by atoms with van der Waals surface area (Å²) in [5.41, 5.74) is 1.09. The summed E-state index contributed by atoms with van der Waals surface area (Å²) < 4.78 is 17.6. The molecule has 25 heavy (non-hydrogen) atoms. The van der Waals surface area contributed by atoms with Crippen LogP contribution in [0.5, 0.6) is 0 Å². The predicted octanol–water partition coefficient (Wildman–Crippen LogP) is 3.65. The van der Waals surface area contributed by atoms with Crippen LogP contribution in [-0.4, -0.2) is 29.9 Å². The van der Waals surface area contributed by atoms with Crippen molar-refractivity contribution in [1.29, 1.82) is 0 Å². The third-order valence-corrected chi connectivity index (χ3v) is 4.74. The van der Waals surface area contributed by atoms with Crippen LogP contribution in [0.15, 0.2) is 24.3 Å². The van der Waals surface area contributed by atoms with Crippen LogP contribution in [0.2, 0.25) is 0 Å². The first-order valence-electron chi connectivity index (χ1n) is 9.06. The Morgan fingerprint density at radius 3 is 2.28 bits per heavy atom. The summed E-state index contributed by atoms with van der Waals surface area (Å²) >= 11 is 0. The highest BCUT2D eigenvalue weighted by Gasteiger charge is 2.51. The van der Waals surface area contributed by atoms with Crippen molar-refractivity contribution in [1.82, 2.24) is 0 Å². The number of esters is 1. The number of rotatable bonds is 5. The molecule has 0 N–H and O–H groups in total. The Hall–Kier alpha value is -1.33. The Labute approximate surface area is 152 Å². The van der Waals surface area contributed by atoms with E-state index in [1.54, 1.807) is 0 Å². The minimum Gasteiger partial charge on any atom is -0.460 e. The molecule has 1 saturated heterocycles. The molecule has 1 aliphatic heterocycles. The summed E-state index contributed by atoms with van der Waals surface area (Å²) in [5, 5.41) is 0. The first kappa shape index (κ1) is 20.0. The van der Waals surface area contributed by atoms with Gasteiger partial charge in [-0.25, -0.2) is 0 Å². The van der Waals surface area contributed by atoms with Crippen molar-refractivity contribution in [3.63, 3.8) is 0 Å². The Bertz CT molecular complexity index is 600. The summed E-state index contributed by atoms with van der Waals surface area (Å²) in [4.78, 5) is 11.8. The number of aryl methyl sites for hydroxylation is 1. The van der Waals surface area contributed by atoms with E-state index in [9.17, 15) is 4.79 Å². The van der Waals surface area contributed by atoms with Gasteiger partial charge in [0, 0.05) is 6.42 Å². The molecule has 0 unspecified atom stereocenters. The van der Waals surface area contributed by atoms with Crippen molar-refractivity contribution in [3.8, 4) is 0 Å². The van der Waals surface area contributed by atoms with Crippen LogP contribution in [0.3, 0.4) is 0 Å². The van der Waals surface area contributed by atoms with E-state index in [1.807, 2.05) is 32.9 Å². The molecule has 5 heteroatoms. The largest absolute Gasteiger partial charge is 0.494 e. The molecule has 0 spiro atoms. The molecular weight excluding hydrogens is 315 g/mol. The molecule has 1 aromatic rings. The Morgan fingerprint density at radius 1 is 1.12 bits per heavy atom. The van der Waals surface area contributed by atoms with E-state index >= 15 is 0 Å². The van der Waals surface area contributed by atoms with E-state index in [4.69, 9.17) is 14.0 Å². The number of carbonyl (C=O) groups is 1. The molecule has 0 atom stereocenters. The van der Waals surface area contributed by atoms with Crippen molar-refractivity contribution >= 4 is 18.6 Å². The van der Waals surface area contributed by atoms with Crippen molar-refractivity contribution < 1.29 is 18.8 Å². The highest BCUT2D eigenvalue weighted by molar-refractivity contribution is 6.62. The Morgan fingerprint density at radius 2 is 1.72 bits per heavy atom. The van der Waals surface area contributed by atoms with Gasteiger partial charge < -0.3 is 14.0 Å². The molecule has 2 rings (SSSR count). The lowest BCUT2D eigenvalue weighted by Gasteiger charge is -2.32. The zero-order valence-corrected chi connectivity index (χ0v) is 16.6. The summed E-state index contributed by atoms with van der Waals surface area (Å²) in [6.07, 6.45) is 2.02. The zero-order valence-electron chi connectivity index (χ0n) is 16.6. The minimum atomic E-state index is -0.423. The molecule has 4 nitrogen and oxygen atoms in total. The molecule has 138 valence electrons. The first-order chi connectivity index (χ1) is 11.4. The maximum atomic E-state index is 11.8. The average molecular weight is 346 g/mol. The van der Waals surface area contributed by atoms with Crippen LogP contribution in [0.4, 0.5) is 0 Å². The van der Waals surface area contributed by atoms with Gasteiger partial charge in [-0.15, -0.1) is 0 Å². The topological polar surface area (TPSA) is 44.8 Å².